The molecule has 1 aromatic carbocycles. The number of hydrogen-bond donors (Lipinski definition) is 1. The largest absolute Gasteiger partial charge is 0.477 e. The summed E-state index contributed by atoms with van der Waals surface area (Å²) in [4.78, 5) is 2.99. The fourth-order valence-corrected chi connectivity index (χ4v) is 1.27. The van der Waals surface area contributed by atoms with Gasteiger partial charge in [0, 0.05) is 0 Å². The van der Waals surface area contributed by atoms with Crippen LogP contribution in [0.3, 0.4) is 0 Å². The van der Waals surface area contributed by atoms with Crippen molar-refractivity contribution in [3.8, 4) is 0 Å². The van der Waals surface area contributed by atoms with Gasteiger partial charge in [-0.05, 0) is 0 Å². The zero-order valence-electron chi connectivity index (χ0n) is 12.6. The average Bonchev–Trinajstić information content (AvgIpc) is 3.03. The second kappa shape index (κ2) is 16.0. The van der Waals surface area contributed by atoms with Crippen LogP contribution in [0, 0.1) is 19.7 Å². The Morgan fingerprint density at radius 1 is 1.19 bits per heavy atom. The van der Waals surface area contributed by atoms with E-state index in [9.17, 15) is 0 Å². The Bertz CT molecular complexity index is 500. The smallest absolute Gasteiger partial charge is 0.0745 e. The SMILES string of the molecule is C[C](C)=[Zr].Cl.Cl.[C-]1=CC=CC1.[CH3-].[c-]1cc2ccccc2[nH]1. The van der Waals surface area contributed by atoms with E-state index in [0.717, 1.165) is 11.9 Å². The topological polar surface area (TPSA) is 15.8 Å². The molecule has 0 amide bonds. The predicted molar refractivity (Wildman–Crippen MR) is 96.0 cm³/mol. The molecular weight excluding hydrogens is 380 g/mol. The van der Waals surface area contributed by atoms with Crippen molar-refractivity contribution >= 4 is 38.9 Å². The molecule has 1 nitrogen and oxygen atoms in total. The molecule has 2 aromatic rings. The van der Waals surface area contributed by atoms with Crippen molar-refractivity contribution in [1.82, 2.24) is 4.98 Å². The van der Waals surface area contributed by atoms with E-state index in [4.69, 9.17) is 0 Å². The van der Waals surface area contributed by atoms with E-state index < -0.39 is 0 Å². The molecule has 0 fully saturated rings. The van der Waals surface area contributed by atoms with E-state index in [1.54, 1.807) is 24.2 Å². The fourth-order valence-electron chi connectivity index (χ4n) is 1.27. The quantitative estimate of drug-likeness (QED) is 0.575. The van der Waals surface area contributed by atoms with Crippen LogP contribution in [0.5, 0.6) is 0 Å². The van der Waals surface area contributed by atoms with Gasteiger partial charge in [-0.3, -0.25) is 6.08 Å². The first-order valence-electron chi connectivity index (χ1n) is 5.87. The summed E-state index contributed by atoms with van der Waals surface area (Å²) in [7, 11) is 0. The molecule has 0 saturated carbocycles. The van der Waals surface area contributed by atoms with Gasteiger partial charge in [-0.15, -0.1) is 55.1 Å². The van der Waals surface area contributed by atoms with Crippen molar-refractivity contribution in [2.45, 2.75) is 20.3 Å². The first-order valence-corrected chi connectivity index (χ1v) is 7.10. The van der Waals surface area contributed by atoms with Gasteiger partial charge in [0.2, 0.25) is 0 Å². The summed E-state index contributed by atoms with van der Waals surface area (Å²) in [5, 5.41) is 1.22. The van der Waals surface area contributed by atoms with E-state index in [-0.39, 0.29) is 32.2 Å². The maximum atomic E-state index is 2.99. The third-order valence-corrected chi connectivity index (χ3v) is 1.98. The molecule has 0 radical (unpaired) electrons. The molecule has 0 spiro atoms. The molecule has 21 heavy (non-hydrogen) atoms. The van der Waals surface area contributed by atoms with Gasteiger partial charge >= 0.3 is 41.3 Å². The van der Waals surface area contributed by atoms with E-state index >= 15 is 0 Å². The van der Waals surface area contributed by atoms with Crippen LogP contribution in [0.2, 0.25) is 0 Å². The number of nitrogens with one attached hydrogen (secondary N) is 1. The second-order valence-electron chi connectivity index (χ2n) is 4.00. The first-order chi connectivity index (χ1) is 8.70. The van der Waals surface area contributed by atoms with E-state index in [0.29, 0.717) is 0 Å². The van der Waals surface area contributed by atoms with Crippen LogP contribution in [-0.2, 0) is 24.2 Å². The molecule has 1 aliphatic carbocycles. The van der Waals surface area contributed by atoms with Crippen LogP contribution in [0.25, 0.3) is 10.9 Å². The minimum Gasteiger partial charge on any atom is -0.477 e. The minimum atomic E-state index is 0. The number of hydrogen-bond acceptors (Lipinski definition) is 0. The Balaban J connectivity index is -0.000000238. The first kappa shape index (κ1) is 25.5. The summed E-state index contributed by atoms with van der Waals surface area (Å²) in [6.45, 7) is 4.25. The summed E-state index contributed by atoms with van der Waals surface area (Å²) in [5.41, 5.74) is 1.15. The van der Waals surface area contributed by atoms with Crippen molar-refractivity contribution < 1.29 is 24.2 Å². The standard InChI is InChI=1S/C8H6N.C5H5.C3H6.CH3.2ClH.Zr/c1-2-4-8-7(3-1)5-6-9-8;1-2-4-5-3-1;1-3-2;;;;/h1-5,9H;1-3H,4H2;1-2H3;1H3;2*1H;/q2*-1;;-1;;;. The van der Waals surface area contributed by atoms with Gasteiger partial charge < -0.3 is 12.4 Å². The summed E-state index contributed by atoms with van der Waals surface area (Å²) < 4.78 is 1.51. The molecule has 1 aliphatic rings. The number of aromatic amines is 1. The number of aromatic nitrogens is 1. The Hall–Kier alpha value is -0.427. The van der Waals surface area contributed by atoms with Gasteiger partial charge in [0.1, 0.15) is 0 Å². The molecule has 1 N–H and O–H groups in total. The minimum absolute atomic E-state index is 0. The zero-order valence-corrected chi connectivity index (χ0v) is 16.7. The molecule has 0 aliphatic heterocycles. The van der Waals surface area contributed by atoms with Crippen molar-refractivity contribution in [2.75, 3.05) is 0 Å². The molecule has 0 saturated heterocycles. The van der Waals surface area contributed by atoms with Gasteiger partial charge in [-0.2, -0.15) is 17.5 Å². The Morgan fingerprint density at radius 3 is 2.24 bits per heavy atom. The van der Waals surface area contributed by atoms with Crippen LogP contribution in [-0.4, -0.2) is 8.19 Å². The summed E-state index contributed by atoms with van der Waals surface area (Å²) in [6.07, 6.45) is 12.9. The molecule has 116 valence electrons. The number of para-hydroxylation sites is 1. The Kier molecular flexibility index (Phi) is 19.4. The van der Waals surface area contributed by atoms with Gasteiger partial charge in [0.25, 0.3) is 0 Å². The average molecular weight is 403 g/mol. The maximum absolute atomic E-state index is 2.99. The van der Waals surface area contributed by atoms with E-state index in [1.807, 2.05) is 36.4 Å². The van der Waals surface area contributed by atoms with Gasteiger partial charge in [0.05, 0.1) is 0 Å². The van der Waals surface area contributed by atoms with Crippen molar-refractivity contribution in [3.05, 3.63) is 68.3 Å². The zero-order chi connectivity index (χ0) is 13.2. The molecule has 0 bridgehead atoms. The number of halogens is 2. The fraction of sp³-hybridized carbons (Fsp3) is 0.176. The maximum Gasteiger partial charge on any atom is -0.0745 e. The summed E-state index contributed by atoms with van der Waals surface area (Å²) in [6, 6.07) is 10.1. The summed E-state index contributed by atoms with van der Waals surface area (Å²) in [5.74, 6) is 0. The predicted octanol–water partition coefficient (Wildman–Crippen LogP) is 5.31. The second-order valence-corrected chi connectivity index (χ2v) is 6.46. The third kappa shape index (κ3) is 13.0. The number of fused-ring (bicyclic) bond motifs is 1. The molecule has 4 heteroatoms. The van der Waals surface area contributed by atoms with Gasteiger partial charge in [0.15, 0.2) is 0 Å². The van der Waals surface area contributed by atoms with Crippen LogP contribution in [0.4, 0.5) is 0 Å². The van der Waals surface area contributed by atoms with Crippen LogP contribution < -0.4 is 0 Å². The Labute approximate surface area is 156 Å². The number of benzene rings is 1. The van der Waals surface area contributed by atoms with Crippen LogP contribution in [0.1, 0.15) is 20.3 Å². The normalized spacial score (nSPS) is 9.76. The van der Waals surface area contributed by atoms with Crippen LogP contribution in [0.15, 0.2) is 48.6 Å². The van der Waals surface area contributed by atoms with Crippen LogP contribution >= 0.6 is 24.8 Å². The number of rotatable bonds is 0. The van der Waals surface area contributed by atoms with E-state index in [1.165, 1.54) is 8.59 Å². The molecule has 0 unspecified atom stereocenters. The van der Waals surface area contributed by atoms with Crippen molar-refractivity contribution in [2.24, 2.45) is 0 Å². The number of allylic oxidation sites excluding steroid dienone is 4. The summed E-state index contributed by atoms with van der Waals surface area (Å²) >= 11 is 1.55. The monoisotopic (exact) mass is 400 g/mol. The molecular formula is C17H22Cl2NZr-3. The van der Waals surface area contributed by atoms with E-state index in [2.05, 4.69) is 43.2 Å². The number of H-pyrrole nitrogens is 1. The Morgan fingerprint density at radius 2 is 1.81 bits per heavy atom. The molecule has 1 aromatic heterocycles. The molecule has 0 atom stereocenters. The molecule has 1 heterocycles. The third-order valence-electron chi connectivity index (χ3n) is 1.98. The van der Waals surface area contributed by atoms with Gasteiger partial charge in [-0.25, -0.2) is 12.2 Å². The van der Waals surface area contributed by atoms with Gasteiger partial charge in [-0.1, -0.05) is 12.1 Å². The van der Waals surface area contributed by atoms with Crippen molar-refractivity contribution in [3.63, 3.8) is 0 Å². The van der Waals surface area contributed by atoms with Crippen molar-refractivity contribution in [1.29, 1.82) is 0 Å². The molecule has 3 rings (SSSR count).